The lowest BCUT2D eigenvalue weighted by Crippen LogP contribution is -2.02. The highest BCUT2D eigenvalue weighted by molar-refractivity contribution is 7.12. The second-order valence-electron chi connectivity index (χ2n) is 3.70. The van der Waals surface area contributed by atoms with E-state index in [1.165, 1.54) is 23.5 Å². The van der Waals surface area contributed by atoms with E-state index in [1.807, 2.05) is 13.0 Å². The molecule has 0 radical (unpaired) electrons. The predicted molar refractivity (Wildman–Crippen MR) is 64.1 cm³/mol. The summed E-state index contributed by atoms with van der Waals surface area (Å²) < 4.78 is 26.5. The van der Waals surface area contributed by atoms with E-state index >= 15 is 0 Å². The van der Waals surface area contributed by atoms with Gasteiger partial charge in [0.05, 0.1) is 0 Å². The van der Waals surface area contributed by atoms with Gasteiger partial charge in [-0.05, 0) is 24.6 Å². The van der Waals surface area contributed by atoms with E-state index in [-0.39, 0.29) is 5.56 Å². The monoisotopic (exact) mass is 254 g/mol. The Morgan fingerprint density at radius 3 is 2.65 bits per heavy atom. The van der Waals surface area contributed by atoms with Crippen molar-refractivity contribution in [2.24, 2.45) is 0 Å². The van der Waals surface area contributed by atoms with Gasteiger partial charge in [-0.3, -0.25) is 0 Å². The zero-order chi connectivity index (χ0) is 12.4. The third-order valence-electron chi connectivity index (χ3n) is 2.58. The number of halogens is 2. The minimum absolute atomic E-state index is 0.0190. The summed E-state index contributed by atoms with van der Waals surface area (Å²) in [7, 11) is 0. The number of aliphatic hydroxyl groups is 1. The van der Waals surface area contributed by atoms with Gasteiger partial charge in [-0.1, -0.05) is 19.1 Å². The maximum absolute atomic E-state index is 13.5. The Balaban J connectivity index is 2.36. The van der Waals surface area contributed by atoms with Crippen molar-refractivity contribution in [1.82, 2.24) is 0 Å². The molecule has 0 aliphatic carbocycles. The van der Waals surface area contributed by atoms with Crippen molar-refractivity contribution in [3.05, 3.63) is 57.3 Å². The summed E-state index contributed by atoms with van der Waals surface area (Å²) in [4.78, 5) is 1.74. The van der Waals surface area contributed by atoms with Crippen LogP contribution in [0, 0.1) is 11.6 Å². The summed E-state index contributed by atoms with van der Waals surface area (Å²) in [5, 5.41) is 10.0. The standard InChI is InChI=1S/C13H12F2OS/c1-2-8-6-7-11(17-8)13(16)9-4-3-5-10(14)12(9)15/h3-7,13,16H,2H2,1H3. The molecule has 0 saturated heterocycles. The zero-order valence-corrected chi connectivity index (χ0v) is 10.1. The van der Waals surface area contributed by atoms with E-state index in [0.29, 0.717) is 4.88 Å². The van der Waals surface area contributed by atoms with Crippen LogP contribution in [0.4, 0.5) is 8.78 Å². The van der Waals surface area contributed by atoms with Crippen molar-refractivity contribution in [3.8, 4) is 0 Å². The fourth-order valence-corrected chi connectivity index (χ4v) is 2.57. The van der Waals surface area contributed by atoms with Crippen molar-refractivity contribution in [2.75, 3.05) is 0 Å². The van der Waals surface area contributed by atoms with Crippen LogP contribution >= 0.6 is 11.3 Å². The van der Waals surface area contributed by atoms with E-state index < -0.39 is 17.7 Å². The Hall–Kier alpha value is -1.26. The van der Waals surface area contributed by atoms with Crippen LogP contribution in [0.3, 0.4) is 0 Å². The molecule has 1 heterocycles. The number of hydrogen-bond donors (Lipinski definition) is 1. The molecule has 1 unspecified atom stereocenters. The first-order valence-corrected chi connectivity index (χ1v) is 6.15. The highest BCUT2D eigenvalue weighted by atomic mass is 32.1. The Bertz CT molecular complexity index is 522. The fourth-order valence-electron chi connectivity index (χ4n) is 1.62. The van der Waals surface area contributed by atoms with Gasteiger partial charge in [0, 0.05) is 15.3 Å². The lowest BCUT2D eigenvalue weighted by atomic mass is 10.1. The average Bonchev–Trinajstić information content (AvgIpc) is 2.80. The number of hydrogen-bond acceptors (Lipinski definition) is 2. The van der Waals surface area contributed by atoms with Gasteiger partial charge in [-0.25, -0.2) is 8.78 Å². The molecule has 0 saturated carbocycles. The molecule has 1 atom stereocenters. The van der Waals surface area contributed by atoms with Crippen LogP contribution < -0.4 is 0 Å². The van der Waals surface area contributed by atoms with Crippen LogP contribution in [0.2, 0.25) is 0 Å². The molecule has 1 nitrogen and oxygen atoms in total. The maximum Gasteiger partial charge on any atom is 0.164 e. The van der Waals surface area contributed by atoms with E-state index in [4.69, 9.17) is 0 Å². The van der Waals surface area contributed by atoms with Crippen LogP contribution in [0.5, 0.6) is 0 Å². The lowest BCUT2D eigenvalue weighted by Gasteiger charge is -2.10. The van der Waals surface area contributed by atoms with Gasteiger partial charge in [0.1, 0.15) is 6.10 Å². The molecule has 90 valence electrons. The quantitative estimate of drug-likeness (QED) is 0.886. The largest absolute Gasteiger partial charge is 0.383 e. The Morgan fingerprint density at radius 2 is 2.00 bits per heavy atom. The van der Waals surface area contributed by atoms with Crippen molar-refractivity contribution in [1.29, 1.82) is 0 Å². The molecular weight excluding hydrogens is 242 g/mol. The molecule has 2 aromatic rings. The molecular formula is C13H12F2OS. The Labute approximate surface area is 102 Å². The minimum atomic E-state index is -1.10. The van der Waals surface area contributed by atoms with Crippen molar-refractivity contribution < 1.29 is 13.9 Å². The summed E-state index contributed by atoms with van der Waals surface area (Å²) in [6.45, 7) is 2.00. The first-order valence-electron chi connectivity index (χ1n) is 5.34. The molecule has 1 N–H and O–H groups in total. The lowest BCUT2D eigenvalue weighted by molar-refractivity contribution is 0.217. The summed E-state index contributed by atoms with van der Waals surface area (Å²) >= 11 is 1.41. The number of aryl methyl sites for hydroxylation is 1. The Kier molecular flexibility index (Phi) is 3.54. The highest BCUT2D eigenvalue weighted by Gasteiger charge is 2.18. The first kappa shape index (κ1) is 12.2. The Morgan fingerprint density at radius 1 is 1.24 bits per heavy atom. The van der Waals surface area contributed by atoms with Gasteiger partial charge in [0.15, 0.2) is 11.6 Å². The summed E-state index contributed by atoms with van der Waals surface area (Å²) in [5.41, 5.74) is -0.0190. The summed E-state index contributed by atoms with van der Waals surface area (Å²) in [6, 6.07) is 7.47. The number of thiophene rings is 1. The third kappa shape index (κ3) is 2.37. The topological polar surface area (TPSA) is 20.2 Å². The van der Waals surface area contributed by atoms with Crippen LogP contribution in [0.1, 0.15) is 28.3 Å². The smallest absolute Gasteiger partial charge is 0.164 e. The second-order valence-corrected chi connectivity index (χ2v) is 4.90. The number of aliphatic hydroxyl groups excluding tert-OH is 1. The molecule has 2 rings (SSSR count). The summed E-state index contributed by atoms with van der Waals surface area (Å²) in [6.07, 6.45) is -0.237. The zero-order valence-electron chi connectivity index (χ0n) is 9.28. The van der Waals surface area contributed by atoms with E-state index in [2.05, 4.69) is 0 Å². The van der Waals surface area contributed by atoms with Gasteiger partial charge in [0.2, 0.25) is 0 Å². The van der Waals surface area contributed by atoms with Crippen LogP contribution in [-0.4, -0.2) is 5.11 Å². The molecule has 1 aromatic heterocycles. The first-order chi connectivity index (χ1) is 8.13. The van der Waals surface area contributed by atoms with Gasteiger partial charge in [-0.15, -0.1) is 11.3 Å². The van der Waals surface area contributed by atoms with Crippen LogP contribution in [0.15, 0.2) is 30.3 Å². The van der Waals surface area contributed by atoms with Crippen LogP contribution in [-0.2, 0) is 6.42 Å². The van der Waals surface area contributed by atoms with Crippen molar-refractivity contribution in [3.63, 3.8) is 0 Å². The predicted octanol–water partition coefficient (Wildman–Crippen LogP) is 3.67. The van der Waals surface area contributed by atoms with Gasteiger partial charge < -0.3 is 5.11 Å². The SMILES string of the molecule is CCc1ccc(C(O)c2cccc(F)c2F)s1. The maximum atomic E-state index is 13.5. The van der Waals surface area contributed by atoms with Gasteiger partial charge in [0.25, 0.3) is 0 Å². The normalized spacial score (nSPS) is 12.7. The van der Waals surface area contributed by atoms with Gasteiger partial charge in [-0.2, -0.15) is 0 Å². The van der Waals surface area contributed by atoms with E-state index in [0.717, 1.165) is 17.4 Å². The molecule has 0 fully saturated rings. The third-order valence-corrected chi connectivity index (χ3v) is 3.86. The molecule has 0 aliphatic rings. The number of rotatable bonds is 3. The molecule has 17 heavy (non-hydrogen) atoms. The van der Waals surface area contributed by atoms with Gasteiger partial charge >= 0.3 is 0 Å². The molecule has 0 aliphatic heterocycles. The molecule has 0 amide bonds. The van der Waals surface area contributed by atoms with E-state index in [1.54, 1.807) is 6.07 Å². The molecule has 0 spiro atoms. The average molecular weight is 254 g/mol. The minimum Gasteiger partial charge on any atom is -0.383 e. The second kappa shape index (κ2) is 4.94. The summed E-state index contributed by atoms with van der Waals surface area (Å²) in [5.74, 6) is -1.92. The number of benzene rings is 1. The van der Waals surface area contributed by atoms with Crippen LogP contribution in [0.25, 0.3) is 0 Å². The highest BCUT2D eigenvalue weighted by Crippen LogP contribution is 2.30. The molecule has 1 aromatic carbocycles. The van der Waals surface area contributed by atoms with E-state index in [9.17, 15) is 13.9 Å². The fraction of sp³-hybridized carbons (Fsp3) is 0.231. The molecule has 0 bridgehead atoms. The molecule has 4 heteroatoms. The van der Waals surface area contributed by atoms with Crippen molar-refractivity contribution in [2.45, 2.75) is 19.4 Å². The van der Waals surface area contributed by atoms with Crippen molar-refractivity contribution >= 4 is 11.3 Å².